The average molecular weight is 139 g/mol. The van der Waals surface area contributed by atoms with Gasteiger partial charge in [0.2, 0.25) is 0 Å². The van der Waals surface area contributed by atoms with Crippen LogP contribution in [0.4, 0.5) is 0 Å². The lowest BCUT2D eigenvalue weighted by Crippen LogP contribution is -2.17. The highest BCUT2D eigenvalue weighted by molar-refractivity contribution is 4.98. The Hall–Kier alpha value is -0.460. The van der Waals surface area contributed by atoms with E-state index in [4.69, 9.17) is 0 Å². The molecule has 1 rings (SSSR count). The van der Waals surface area contributed by atoms with Gasteiger partial charge in [-0.2, -0.15) is 0 Å². The second kappa shape index (κ2) is 3.65. The summed E-state index contributed by atoms with van der Waals surface area (Å²) in [4.78, 5) is 2.42. The van der Waals surface area contributed by atoms with Gasteiger partial charge < -0.3 is 4.90 Å². The lowest BCUT2D eigenvalue weighted by molar-refractivity contribution is 0.384. The van der Waals surface area contributed by atoms with E-state index in [0.29, 0.717) is 0 Å². The molecule has 1 fully saturated rings. The monoisotopic (exact) mass is 139 g/mol. The Labute approximate surface area is 63.7 Å². The quantitative estimate of drug-likeness (QED) is 0.580. The van der Waals surface area contributed by atoms with E-state index in [-0.39, 0.29) is 0 Å². The van der Waals surface area contributed by atoms with Crippen molar-refractivity contribution in [2.24, 2.45) is 0 Å². The van der Waals surface area contributed by atoms with Gasteiger partial charge in [-0.25, -0.2) is 0 Å². The highest BCUT2D eigenvalue weighted by Crippen LogP contribution is 2.18. The number of rotatable bonds is 3. The summed E-state index contributed by atoms with van der Waals surface area (Å²) in [6.07, 6.45) is 5.16. The van der Waals surface area contributed by atoms with Crippen LogP contribution in [0.15, 0.2) is 12.3 Å². The minimum absolute atomic E-state index is 1.23. The Morgan fingerprint density at radius 1 is 1.60 bits per heavy atom. The number of hydrogen-bond acceptors (Lipinski definition) is 1. The molecular formula is C9H17N. The van der Waals surface area contributed by atoms with Crippen molar-refractivity contribution in [3.8, 4) is 0 Å². The zero-order valence-corrected chi connectivity index (χ0v) is 6.90. The fraction of sp³-hybridized carbons (Fsp3) is 0.778. The molecule has 0 radical (unpaired) electrons. The first-order chi connectivity index (χ1) is 4.84. The molecule has 0 aromatic rings. The zero-order valence-electron chi connectivity index (χ0n) is 6.90. The number of unbranched alkanes of at least 4 members (excludes halogenated alkanes) is 1. The normalized spacial score (nSPS) is 18.5. The van der Waals surface area contributed by atoms with Crippen LogP contribution in [0, 0.1) is 0 Å². The van der Waals surface area contributed by atoms with E-state index in [1.165, 1.54) is 44.5 Å². The van der Waals surface area contributed by atoms with Crippen molar-refractivity contribution in [1.29, 1.82) is 0 Å². The van der Waals surface area contributed by atoms with Gasteiger partial charge in [0.25, 0.3) is 0 Å². The molecule has 1 aliphatic rings. The molecule has 0 bridgehead atoms. The third-order valence-electron chi connectivity index (χ3n) is 2.12. The van der Waals surface area contributed by atoms with Gasteiger partial charge >= 0.3 is 0 Å². The van der Waals surface area contributed by atoms with Crippen molar-refractivity contribution in [2.45, 2.75) is 32.6 Å². The van der Waals surface area contributed by atoms with Crippen molar-refractivity contribution < 1.29 is 0 Å². The minimum Gasteiger partial charge on any atom is -0.375 e. The molecule has 0 unspecified atom stereocenters. The van der Waals surface area contributed by atoms with Gasteiger partial charge in [-0.3, -0.25) is 0 Å². The van der Waals surface area contributed by atoms with Crippen LogP contribution in [-0.4, -0.2) is 18.0 Å². The lowest BCUT2D eigenvalue weighted by Gasteiger charge is -2.17. The molecule has 0 saturated carbocycles. The minimum atomic E-state index is 1.23. The summed E-state index contributed by atoms with van der Waals surface area (Å²) in [7, 11) is 0. The summed E-state index contributed by atoms with van der Waals surface area (Å²) in [6, 6.07) is 0. The molecule has 0 aromatic carbocycles. The predicted molar refractivity (Wildman–Crippen MR) is 44.9 cm³/mol. The van der Waals surface area contributed by atoms with Crippen molar-refractivity contribution in [2.75, 3.05) is 13.1 Å². The average Bonchev–Trinajstić information content (AvgIpc) is 2.31. The smallest absolute Gasteiger partial charge is 0.0178 e. The molecule has 10 heavy (non-hydrogen) atoms. The van der Waals surface area contributed by atoms with E-state index in [1.807, 2.05) is 0 Å². The standard InChI is InChI=1S/C9H17N/c1-3-4-7-10-8-5-6-9(10)2/h2-8H2,1H3. The first kappa shape index (κ1) is 7.64. The van der Waals surface area contributed by atoms with Crippen molar-refractivity contribution in [3.05, 3.63) is 12.3 Å². The maximum Gasteiger partial charge on any atom is 0.0178 e. The summed E-state index contributed by atoms with van der Waals surface area (Å²) in [5.74, 6) is 0. The van der Waals surface area contributed by atoms with Crippen LogP contribution in [0.2, 0.25) is 0 Å². The molecule has 0 N–H and O–H groups in total. The van der Waals surface area contributed by atoms with E-state index in [0.717, 1.165) is 0 Å². The largest absolute Gasteiger partial charge is 0.375 e. The lowest BCUT2D eigenvalue weighted by atomic mass is 10.3. The van der Waals surface area contributed by atoms with Crippen LogP contribution in [-0.2, 0) is 0 Å². The van der Waals surface area contributed by atoms with E-state index in [2.05, 4.69) is 18.4 Å². The fourth-order valence-corrected chi connectivity index (χ4v) is 1.41. The van der Waals surface area contributed by atoms with Gasteiger partial charge in [0.05, 0.1) is 0 Å². The summed E-state index contributed by atoms with van der Waals surface area (Å²) in [6.45, 7) is 8.73. The van der Waals surface area contributed by atoms with Crippen molar-refractivity contribution in [1.82, 2.24) is 4.90 Å². The molecule has 0 atom stereocenters. The van der Waals surface area contributed by atoms with Gasteiger partial charge in [-0.15, -0.1) is 0 Å². The Bertz CT molecular complexity index is 118. The van der Waals surface area contributed by atoms with Crippen LogP contribution in [0.1, 0.15) is 32.6 Å². The van der Waals surface area contributed by atoms with Crippen LogP contribution < -0.4 is 0 Å². The zero-order chi connectivity index (χ0) is 7.40. The molecule has 1 saturated heterocycles. The number of nitrogens with zero attached hydrogens (tertiary/aromatic N) is 1. The summed E-state index contributed by atoms with van der Waals surface area (Å²) < 4.78 is 0. The molecule has 1 heterocycles. The first-order valence-corrected chi connectivity index (χ1v) is 4.27. The molecule has 0 spiro atoms. The van der Waals surface area contributed by atoms with E-state index < -0.39 is 0 Å². The molecule has 1 nitrogen and oxygen atoms in total. The SMILES string of the molecule is C=C1CCCN1CCCC. The molecule has 0 amide bonds. The number of likely N-dealkylation sites (tertiary alicyclic amines) is 1. The van der Waals surface area contributed by atoms with Gasteiger partial charge in [-0.1, -0.05) is 19.9 Å². The molecule has 1 aliphatic heterocycles. The molecule has 0 aromatic heterocycles. The first-order valence-electron chi connectivity index (χ1n) is 4.27. The topological polar surface area (TPSA) is 3.24 Å². The highest BCUT2D eigenvalue weighted by atomic mass is 15.1. The summed E-state index contributed by atoms with van der Waals surface area (Å²) >= 11 is 0. The van der Waals surface area contributed by atoms with Crippen LogP contribution >= 0.6 is 0 Å². The van der Waals surface area contributed by atoms with Crippen molar-refractivity contribution in [3.63, 3.8) is 0 Å². The maximum absolute atomic E-state index is 4.01. The highest BCUT2D eigenvalue weighted by Gasteiger charge is 2.12. The van der Waals surface area contributed by atoms with Gasteiger partial charge in [0.15, 0.2) is 0 Å². The van der Waals surface area contributed by atoms with Crippen molar-refractivity contribution >= 4 is 0 Å². The fourth-order valence-electron chi connectivity index (χ4n) is 1.41. The van der Waals surface area contributed by atoms with Gasteiger partial charge in [-0.05, 0) is 19.3 Å². The number of allylic oxidation sites excluding steroid dienone is 1. The third-order valence-corrected chi connectivity index (χ3v) is 2.12. The van der Waals surface area contributed by atoms with E-state index in [1.54, 1.807) is 0 Å². The predicted octanol–water partition coefficient (Wildman–Crippen LogP) is 2.40. The van der Waals surface area contributed by atoms with Gasteiger partial charge in [0, 0.05) is 18.8 Å². The third kappa shape index (κ3) is 1.76. The van der Waals surface area contributed by atoms with E-state index in [9.17, 15) is 0 Å². The number of hydrogen-bond donors (Lipinski definition) is 0. The second-order valence-corrected chi connectivity index (χ2v) is 3.01. The van der Waals surface area contributed by atoms with Crippen LogP contribution in [0.3, 0.4) is 0 Å². The summed E-state index contributed by atoms with van der Waals surface area (Å²) in [5.41, 5.74) is 1.36. The molecular weight excluding hydrogens is 122 g/mol. The molecule has 1 heteroatoms. The van der Waals surface area contributed by atoms with Crippen LogP contribution in [0.5, 0.6) is 0 Å². The van der Waals surface area contributed by atoms with Gasteiger partial charge in [0.1, 0.15) is 0 Å². The Balaban J connectivity index is 2.20. The van der Waals surface area contributed by atoms with Crippen LogP contribution in [0.25, 0.3) is 0 Å². The Kier molecular flexibility index (Phi) is 2.79. The molecule has 0 aliphatic carbocycles. The summed E-state index contributed by atoms with van der Waals surface area (Å²) in [5, 5.41) is 0. The second-order valence-electron chi connectivity index (χ2n) is 3.01. The molecule has 58 valence electrons. The van der Waals surface area contributed by atoms with E-state index >= 15 is 0 Å². The Morgan fingerprint density at radius 3 is 2.90 bits per heavy atom. The Morgan fingerprint density at radius 2 is 2.40 bits per heavy atom. The maximum atomic E-state index is 4.01.